The molecule has 0 unspecified atom stereocenters. The summed E-state index contributed by atoms with van der Waals surface area (Å²) in [5, 5.41) is 6.56. The van der Waals surface area contributed by atoms with E-state index in [9.17, 15) is 9.59 Å². The van der Waals surface area contributed by atoms with Crippen molar-refractivity contribution in [3.8, 4) is 0 Å². The molecule has 0 saturated carbocycles. The van der Waals surface area contributed by atoms with Crippen LogP contribution in [0.15, 0.2) is 54.7 Å². The SMILES string of the molecule is O=C(Cc1c[nH]c2ccccc12)NCC(=O)Nc1ccc(N2CCCCC2)cc1. The number of H-pyrrole nitrogens is 1. The molecular weight excluding hydrogens is 364 g/mol. The second-order valence-electron chi connectivity index (χ2n) is 7.46. The molecule has 3 aromatic rings. The molecular formula is C23H26N4O2. The van der Waals surface area contributed by atoms with E-state index in [0.717, 1.165) is 35.2 Å². The molecule has 0 atom stereocenters. The van der Waals surface area contributed by atoms with Crippen LogP contribution in [-0.4, -0.2) is 36.4 Å². The van der Waals surface area contributed by atoms with Crippen molar-refractivity contribution in [3.63, 3.8) is 0 Å². The van der Waals surface area contributed by atoms with Crippen molar-refractivity contribution in [1.29, 1.82) is 0 Å². The van der Waals surface area contributed by atoms with Crippen LogP contribution >= 0.6 is 0 Å². The van der Waals surface area contributed by atoms with Crippen LogP contribution in [0.5, 0.6) is 0 Å². The first-order chi connectivity index (χ1) is 14.2. The van der Waals surface area contributed by atoms with Crippen LogP contribution < -0.4 is 15.5 Å². The lowest BCUT2D eigenvalue weighted by Gasteiger charge is -2.28. The fourth-order valence-electron chi connectivity index (χ4n) is 3.81. The number of piperidine rings is 1. The van der Waals surface area contributed by atoms with Crippen LogP contribution in [0.2, 0.25) is 0 Å². The lowest BCUT2D eigenvalue weighted by atomic mass is 10.1. The molecule has 0 aliphatic carbocycles. The molecule has 1 aliphatic rings. The number of nitrogens with zero attached hydrogens (tertiary/aromatic N) is 1. The van der Waals surface area contributed by atoms with Gasteiger partial charge in [-0.3, -0.25) is 9.59 Å². The maximum atomic E-state index is 12.2. The van der Waals surface area contributed by atoms with Gasteiger partial charge in [0.05, 0.1) is 13.0 Å². The summed E-state index contributed by atoms with van der Waals surface area (Å²) in [5.41, 5.74) is 3.85. The average Bonchev–Trinajstić information content (AvgIpc) is 3.16. The summed E-state index contributed by atoms with van der Waals surface area (Å²) >= 11 is 0. The standard InChI is InChI=1S/C23H26N4O2/c28-22(14-17-15-24-21-7-3-2-6-20(17)21)25-16-23(29)26-18-8-10-19(11-9-18)27-12-4-1-5-13-27/h2-3,6-11,15,24H,1,4-5,12-14,16H2,(H,25,28)(H,26,29). The number of hydrogen-bond donors (Lipinski definition) is 3. The number of aromatic nitrogens is 1. The van der Waals surface area contributed by atoms with Crippen LogP contribution in [-0.2, 0) is 16.0 Å². The molecule has 1 saturated heterocycles. The van der Waals surface area contributed by atoms with Crippen LogP contribution in [0, 0.1) is 0 Å². The van der Waals surface area contributed by atoms with Gasteiger partial charge in [0.1, 0.15) is 0 Å². The number of rotatable bonds is 6. The second kappa shape index (κ2) is 8.82. The Morgan fingerprint density at radius 3 is 2.48 bits per heavy atom. The van der Waals surface area contributed by atoms with E-state index < -0.39 is 0 Å². The molecule has 150 valence electrons. The summed E-state index contributed by atoms with van der Waals surface area (Å²) in [4.78, 5) is 29.9. The van der Waals surface area contributed by atoms with Crippen molar-refractivity contribution < 1.29 is 9.59 Å². The van der Waals surface area contributed by atoms with Gasteiger partial charge in [-0.25, -0.2) is 0 Å². The first-order valence-electron chi connectivity index (χ1n) is 10.2. The lowest BCUT2D eigenvalue weighted by molar-refractivity contribution is -0.123. The largest absolute Gasteiger partial charge is 0.372 e. The molecule has 6 heteroatoms. The van der Waals surface area contributed by atoms with Crippen molar-refractivity contribution in [2.45, 2.75) is 25.7 Å². The van der Waals surface area contributed by atoms with Crippen LogP contribution in [0.3, 0.4) is 0 Å². The molecule has 0 radical (unpaired) electrons. The monoisotopic (exact) mass is 390 g/mol. The number of amides is 2. The van der Waals surface area contributed by atoms with E-state index in [-0.39, 0.29) is 24.8 Å². The van der Waals surface area contributed by atoms with Gasteiger partial charge in [-0.1, -0.05) is 18.2 Å². The molecule has 1 fully saturated rings. The van der Waals surface area contributed by atoms with Gasteiger partial charge < -0.3 is 20.5 Å². The highest BCUT2D eigenvalue weighted by molar-refractivity contribution is 5.95. The molecule has 29 heavy (non-hydrogen) atoms. The third-order valence-electron chi connectivity index (χ3n) is 5.34. The Bertz CT molecular complexity index is 988. The number of hydrogen-bond acceptors (Lipinski definition) is 3. The number of carbonyl (C=O) groups is 2. The topological polar surface area (TPSA) is 77.2 Å². The Hall–Kier alpha value is -3.28. The first-order valence-corrected chi connectivity index (χ1v) is 10.2. The highest BCUT2D eigenvalue weighted by Crippen LogP contribution is 2.22. The van der Waals surface area contributed by atoms with Crippen molar-refractivity contribution in [2.75, 3.05) is 29.9 Å². The summed E-state index contributed by atoms with van der Waals surface area (Å²) in [5.74, 6) is -0.409. The van der Waals surface area contributed by atoms with Crippen LogP contribution in [0.1, 0.15) is 24.8 Å². The lowest BCUT2D eigenvalue weighted by Crippen LogP contribution is -2.33. The Morgan fingerprint density at radius 2 is 1.69 bits per heavy atom. The minimum atomic E-state index is -0.233. The Kier molecular flexibility index (Phi) is 5.79. The maximum Gasteiger partial charge on any atom is 0.243 e. The Balaban J connectivity index is 1.25. The predicted molar refractivity (Wildman–Crippen MR) is 116 cm³/mol. The summed E-state index contributed by atoms with van der Waals surface area (Å²) in [7, 11) is 0. The van der Waals surface area contributed by atoms with Crippen molar-refractivity contribution in [1.82, 2.24) is 10.3 Å². The highest BCUT2D eigenvalue weighted by atomic mass is 16.2. The van der Waals surface area contributed by atoms with E-state index in [1.807, 2.05) is 54.7 Å². The Labute approximate surface area is 170 Å². The van der Waals surface area contributed by atoms with Gasteiger partial charge in [0.15, 0.2) is 0 Å². The number of fused-ring (bicyclic) bond motifs is 1. The van der Waals surface area contributed by atoms with Crippen LogP contribution in [0.4, 0.5) is 11.4 Å². The fraction of sp³-hybridized carbons (Fsp3) is 0.304. The van der Waals surface area contributed by atoms with Gasteiger partial charge in [-0.05, 0) is 55.2 Å². The molecule has 0 spiro atoms. The smallest absolute Gasteiger partial charge is 0.243 e. The van der Waals surface area contributed by atoms with Crippen molar-refractivity contribution >= 4 is 34.1 Å². The number of para-hydroxylation sites is 1. The van der Waals surface area contributed by atoms with E-state index in [2.05, 4.69) is 20.5 Å². The number of benzene rings is 2. The molecule has 2 aromatic carbocycles. The number of aromatic amines is 1. The molecule has 0 bridgehead atoms. The van der Waals surface area contributed by atoms with Gasteiger partial charge in [-0.2, -0.15) is 0 Å². The summed E-state index contributed by atoms with van der Waals surface area (Å²) < 4.78 is 0. The maximum absolute atomic E-state index is 12.2. The molecule has 1 aromatic heterocycles. The molecule has 1 aliphatic heterocycles. The second-order valence-corrected chi connectivity index (χ2v) is 7.46. The zero-order valence-electron chi connectivity index (χ0n) is 16.4. The predicted octanol–water partition coefficient (Wildman–Crippen LogP) is 3.46. The zero-order valence-corrected chi connectivity index (χ0v) is 16.4. The van der Waals surface area contributed by atoms with E-state index in [1.54, 1.807) is 0 Å². The highest BCUT2D eigenvalue weighted by Gasteiger charge is 2.12. The minimum Gasteiger partial charge on any atom is -0.372 e. The van der Waals surface area contributed by atoms with Gasteiger partial charge >= 0.3 is 0 Å². The van der Waals surface area contributed by atoms with E-state index in [0.29, 0.717) is 0 Å². The summed E-state index contributed by atoms with van der Waals surface area (Å²) in [6, 6.07) is 15.8. The number of nitrogens with one attached hydrogen (secondary N) is 3. The van der Waals surface area contributed by atoms with Gasteiger partial charge in [0.2, 0.25) is 11.8 Å². The third kappa shape index (κ3) is 4.77. The fourth-order valence-corrected chi connectivity index (χ4v) is 3.81. The van der Waals surface area contributed by atoms with E-state index >= 15 is 0 Å². The quantitative estimate of drug-likeness (QED) is 0.603. The van der Waals surface area contributed by atoms with Crippen molar-refractivity contribution in [2.24, 2.45) is 0 Å². The first kappa shape index (κ1) is 19.1. The number of anilines is 2. The summed E-state index contributed by atoms with van der Waals surface area (Å²) in [6.07, 6.45) is 5.85. The minimum absolute atomic E-state index is 0.0466. The van der Waals surface area contributed by atoms with E-state index in [1.165, 1.54) is 24.9 Å². The van der Waals surface area contributed by atoms with Crippen LogP contribution in [0.25, 0.3) is 10.9 Å². The summed E-state index contributed by atoms with van der Waals surface area (Å²) in [6.45, 7) is 2.14. The van der Waals surface area contributed by atoms with Gasteiger partial charge in [0.25, 0.3) is 0 Å². The molecule has 3 N–H and O–H groups in total. The van der Waals surface area contributed by atoms with Gasteiger partial charge in [-0.15, -0.1) is 0 Å². The zero-order chi connectivity index (χ0) is 20.1. The van der Waals surface area contributed by atoms with E-state index in [4.69, 9.17) is 0 Å². The molecule has 4 rings (SSSR count). The van der Waals surface area contributed by atoms with Crippen molar-refractivity contribution in [3.05, 3.63) is 60.3 Å². The van der Waals surface area contributed by atoms with Gasteiger partial charge in [0, 0.05) is 41.6 Å². The third-order valence-corrected chi connectivity index (χ3v) is 5.34. The number of carbonyl (C=O) groups excluding carboxylic acids is 2. The molecule has 2 heterocycles. The molecule has 2 amide bonds. The Morgan fingerprint density at radius 1 is 0.931 bits per heavy atom. The normalized spacial score (nSPS) is 14.0. The molecule has 6 nitrogen and oxygen atoms in total. The average molecular weight is 390 g/mol.